The zero-order valence-electron chi connectivity index (χ0n) is 16.6. The van der Waals surface area contributed by atoms with E-state index in [-0.39, 0.29) is 0 Å². The van der Waals surface area contributed by atoms with Crippen molar-refractivity contribution in [2.75, 3.05) is 35.0 Å². The molecule has 0 aliphatic carbocycles. The molecule has 7 heteroatoms. The van der Waals surface area contributed by atoms with E-state index in [0.717, 1.165) is 28.1 Å². The van der Waals surface area contributed by atoms with Crippen molar-refractivity contribution in [2.45, 2.75) is 6.92 Å². The fourth-order valence-electron chi connectivity index (χ4n) is 3.04. The van der Waals surface area contributed by atoms with Crippen LogP contribution in [0.2, 0.25) is 0 Å². The van der Waals surface area contributed by atoms with E-state index < -0.39 is 0 Å². The van der Waals surface area contributed by atoms with Crippen LogP contribution < -0.4 is 23.7 Å². The van der Waals surface area contributed by atoms with Gasteiger partial charge in [-0.3, -0.25) is 0 Å². The third-order valence-corrected chi connectivity index (χ3v) is 4.92. The van der Waals surface area contributed by atoms with Gasteiger partial charge < -0.3 is 23.7 Å². The molecule has 0 saturated heterocycles. The molecule has 1 heterocycles. The van der Waals surface area contributed by atoms with Gasteiger partial charge in [-0.1, -0.05) is 0 Å². The van der Waals surface area contributed by atoms with Gasteiger partial charge in [-0.05, 0) is 48.8 Å². The minimum atomic E-state index is 0.475. The van der Waals surface area contributed by atoms with E-state index in [1.54, 1.807) is 28.4 Å². The van der Waals surface area contributed by atoms with Crippen LogP contribution in [0.3, 0.4) is 0 Å². The molecular formula is C21H23NO5S. The zero-order valence-corrected chi connectivity index (χ0v) is 17.4. The van der Waals surface area contributed by atoms with Crippen LogP contribution in [0, 0.1) is 0 Å². The molecule has 148 valence electrons. The lowest BCUT2D eigenvalue weighted by molar-refractivity contribution is 0.306. The molecule has 0 bridgehead atoms. The Morgan fingerprint density at radius 2 is 1.50 bits per heavy atom. The summed E-state index contributed by atoms with van der Waals surface area (Å²) >= 11 is 1.38. The van der Waals surface area contributed by atoms with Gasteiger partial charge in [-0.15, -0.1) is 0 Å². The lowest BCUT2D eigenvalue weighted by Crippen LogP contribution is -2.00. The number of nitrogens with zero attached hydrogens (tertiary/aromatic N) is 1. The Bertz CT molecular complexity index is 937. The van der Waals surface area contributed by atoms with Crippen LogP contribution in [0.5, 0.6) is 28.7 Å². The normalized spacial score (nSPS) is 10.5. The second-order valence-corrected chi connectivity index (χ2v) is 6.39. The van der Waals surface area contributed by atoms with Crippen LogP contribution in [-0.2, 0) is 0 Å². The van der Waals surface area contributed by atoms with Crippen LogP contribution in [0.25, 0.3) is 22.4 Å². The van der Waals surface area contributed by atoms with E-state index in [2.05, 4.69) is 4.37 Å². The van der Waals surface area contributed by atoms with Gasteiger partial charge in [0.25, 0.3) is 0 Å². The number of hydrogen-bond acceptors (Lipinski definition) is 7. The predicted octanol–water partition coefficient (Wildman–Crippen LogP) is 4.91. The van der Waals surface area contributed by atoms with Crippen molar-refractivity contribution in [2.24, 2.45) is 0 Å². The molecule has 0 amide bonds. The Kier molecular flexibility index (Phi) is 6.26. The van der Waals surface area contributed by atoms with Gasteiger partial charge in [0.1, 0.15) is 5.75 Å². The number of benzene rings is 2. The lowest BCUT2D eigenvalue weighted by Gasteiger charge is -2.18. The molecule has 0 N–H and O–H groups in total. The van der Waals surface area contributed by atoms with Gasteiger partial charge >= 0.3 is 0 Å². The van der Waals surface area contributed by atoms with Crippen molar-refractivity contribution < 1.29 is 23.7 Å². The molecule has 0 fully saturated rings. The molecule has 1 aromatic heterocycles. The highest BCUT2D eigenvalue weighted by Crippen LogP contribution is 2.51. The summed E-state index contributed by atoms with van der Waals surface area (Å²) in [5.41, 5.74) is 3.57. The smallest absolute Gasteiger partial charge is 0.207 e. The van der Waals surface area contributed by atoms with E-state index >= 15 is 0 Å². The molecule has 0 aliphatic heterocycles. The Hall–Kier alpha value is -2.93. The minimum absolute atomic E-state index is 0.475. The van der Waals surface area contributed by atoms with Crippen molar-refractivity contribution >= 4 is 11.5 Å². The summed E-state index contributed by atoms with van der Waals surface area (Å²) in [6.07, 6.45) is 0. The Morgan fingerprint density at radius 3 is 2.07 bits per heavy atom. The summed E-state index contributed by atoms with van der Waals surface area (Å²) in [4.78, 5) is 0. The highest BCUT2D eigenvalue weighted by atomic mass is 32.1. The first-order valence-corrected chi connectivity index (χ1v) is 9.57. The molecule has 0 spiro atoms. The summed E-state index contributed by atoms with van der Waals surface area (Å²) in [5, 5.41) is 1.98. The largest absolute Gasteiger partial charge is 0.494 e. The van der Waals surface area contributed by atoms with E-state index in [4.69, 9.17) is 23.7 Å². The van der Waals surface area contributed by atoms with Gasteiger partial charge in [0.2, 0.25) is 11.5 Å². The van der Waals surface area contributed by atoms with Crippen LogP contribution >= 0.6 is 11.5 Å². The second kappa shape index (κ2) is 8.84. The van der Waals surface area contributed by atoms with Crippen molar-refractivity contribution in [1.29, 1.82) is 0 Å². The summed E-state index contributed by atoms with van der Waals surface area (Å²) in [6.45, 7) is 2.59. The fraction of sp³-hybridized carbons (Fsp3) is 0.286. The Balaban J connectivity index is 2.16. The maximum Gasteiger partial charge on any atom is 0.207 e. The first-order chi connectivity index (χ1) is 13.7. The summed E-state index contributed by atoms with van der Waals surface area (Å²) in [6, 6.07) is 9.74. The Labute approximate surface area is 168 Å². The molecule has 0 atom stereocenters. The first-order valence-electron chi connectivity index (χ1n) is 8.73. The molecule has 3 rings (SSSR count). The summed E-state index contributed by atoms with van der Waals surface area (Å²) < 4.78 is 32.3. The van der Waals surface area contributed by atoms with Crippen LogP contribution in [-0.4, -0.2) is 39.4 Å². The monoisotopic (exact) mass is 401 g/mol. The lowest BCUT2D eigenvalue weighted by atomic mass is 10.00. The third kappa shape index (κ3) is 3.57. The Morgan fingerprint density at radius 1 is 0.821 bits per heavy atom. The molecule has 3 aromatic rings. The maximum absolute atomic E-state index is 5.67. The van der Waals surface area contributed by atoms with Gasteiger partial charge in [0.05, 0.1) is 40.7 Å². The number of hydrogen-bond donors (Lipinski definition) is 0. The fourth-order valence-corrected chi connectivity index (χ4v) is 3.75. The molecular weight excluding hydrogens is 378 g/mol. The standard InChI is InChI=1S/C21H23NO5S/c1-6-27-14-9-7-13(8-10-14)18-16(12-28-22-18)15-11-17(23-2)20(25-4)21(26-5)19(15)24-3/h7-12H,6H2,1-5H3. The third-order valence-electron chi connectivity index (χ3n) is 4.29. The first kappa shape index (κ1) is 19.8. The average Bonchev–Trinajstić information content (AvgIpc) is 3.22. The molecule has 6 nitrogen and oxygen atoms in total. The zero-order chi connectivity index (χ0) is 20.1. The summed E-state index contributed by atoms with van der Waals surface area (Å²) in [7, 11) is 6.33. The number of aromatic nitrogens is 1. The highest BCUT2D eigenvalue weighted by molar-refractivity contribution is 7.04. The van der Waals surface area contributed by atoms with Gasteiger partial charge in [-0.25, -0.2) is 0 Å². The van der Waals surface area contributed by atoms with E-state index in [1.807, 2.05) is 42.6 Å². The molecule has 2 aromatic carbocycles. The molecule has 28 heavy (non-hydrogen) atoms. The van der Waals surface area contributed by atoms with Crippen molar-refractivity contribution in [3.8, 4) is 51.1 Å². The number of ether oxygens (including phenoxy) is 5. The molecule has 0 radical (unpaired) electrons. The molecule has 0 unspecified atom stereocenters. The predicted molar refractivity (Wildman–Crippen MR) is 110 cm³/mol. The van der Waals surface area contributed by atoms with E-state index in [1.165, 1.54) is 11.5 Å². The number of rotatable bonds is 8. The van der Waals surface area contributed by atoms with Crippen molar-refractivity contribution in [3.05, 3.63) is 35.7 Å². The van der Waals surface area contributed by atoms with Crippen LogP contribution in [0.4, 0.5) is 0 Å². The van der Waals surface area contributed by atoms with Gasteiger partial charge in [0, 0.05) is 22.1 Å². The summed E-state index contributed by atoms with van der Waals surface area (Å²) in [5.74, 6) is 2.90. The van der Waals surface area contributed by atoms with E-state index in [9.17, 15) is 0 Å². The van der Waals surface area contributed by atoms with Crippen LogP contribution in [0.1, 0.15) is 6.92 Å². The van der Waals surface area contributed by atoms with E-state index in [0.29, 0.717) is 29.6 Å². The highest BCUT2D eigenvalue weighted by Gasteiger charge is 2.25. The SMILES string of the molecule is CCOc1ccc(-c2nscc2-c2cc(OC)c(OC)c(OC)c2OC)cc1. The van der Waals surface area contributed by atoms with Crippen LogP contribution in [0.15, 0.2) is 35.7 Å². The number of methoxy groups -OCH3 is 4. The minimum Gasteiger partial charge on any atom is -0.494 e. The topological polar surface area (TPSA) is 59.0 Å². The van der Waals surface area contributed by atoms with Gasteiger partial charge in [-0.2, -0.15) is 4.37 Å². The molecule has 0 saturated carbocycles. The maximum atomic E-state index is 5.67. The van der Waals surface area contributed by atoms with Crippen molar-refractivity contribution in [3.63, 3.8) is 0 Å². The second-order valence-electron chi connectivity index (χ2n) is 5.76. The average molecular weight is 401 g/mol. The van der Waals surface area contributed by atoms with Gasteiger partial charge in [0.15, 0.2) is 11.5 Å². The quantitative estimate of drug-likeness (QED) is 0.534. The molecule has 0 aliphatic rings. The van der Waals surface area contributed by atoms with Crippen molar-refractivity contribution in [1.82, 2.24) is 4.37 Å².